The minimum atomic E-state index is -1.40. The molecule has 0 aliphatic carbocycles. The third-order valence-electron chi connectivity index (χ3n) is 16.1. The van der Waals surface area contributed by atoms with Crippen LogP contribution in [0.15, 0.2) is 48.5 Å². The Hall–Kier alpha value is -4.69. The van der Waals surface area contributed by atoms with E-state index in [1.54, 1.807) is 0 Å². The van der Waals surface area contributed by atoms with Gasteiger partial charge in [0.2, 0.25) is 0 Å². The van der Waals surface area contributed by atoms with E-state index in [4.69, 9.17) is 18.9 Å². The highest BCUT2D eigenvalue weighted by atomic mass is 16.6. The fourth-order valence-corrected chi connectivity index (χ4v) is 10.7. The maximum atomic E-state index is 14.2. The van der Waals surface area contributed by atoms with Crippen LogP contribution in [0.25, 0.3) is 0 Å². The molecule has 3 unspecified atom stereocenters. The lowest BCUT2D eigenvalue weighted by molar-refractivity contribution is -0.211. The average Bonchev–Trinajstić information content (AvgIpc) is 1.83. The van der Waals surface area contributed by atoms with Gasteiger partial charge in [-0.05, 0) is 136 Å². The van der Waals surface area contributed by atoms with E-state index in [0.29, 0.717) is 25.7 Å². The summed E-state index contributed by atoms with van der Waals surface area (Å²) in [4.78, 5) is 14.2. The SMILES string of the molecule is CC(C)(C)c1cc(CCC(=O)OCC(COC(O)CCc2cc(C(C)(C)C)c(O)c(C(C)(C)C)c2)(COC(O)CCc2cc(C(C)(C)C)c(O)c(C(C)(C)C)c2)COC(O)CCc2cc(C(C)(C)C)c(O)c(C(C)(C)C)c2)cc(C(C)(C)C)c1O. The molecule has 0 aliphatic rings. The van der Waals surface area contributed by atoms with Crippen molar-refractivity contribution in [3.8, 4) is 23.0 Å². The summed E-state index contributed by atoms with van der Waals surface area (Å²) < 4.78 is 25.3. The lowest BCUT2D eigenvalue weighted by Crippen LogP contribution is -2.45. The number of aromatic hydroxyl groups is 4. The third kappa shape index (κ3) is 20.7. The summed E-state index contributed by atoms with van der Waals surface area (Å²) in [6.07, 6.45) is -1.96. The third-order valence-corrected chi connectivity index (χ3v) is 16.1. The van der Waals surface area contributed by atoms with E-state index in [1.807, 2.05) is 90.1 Å². The molecule has 4 aromatic carbocycles. The van der Waals surface area contributed by atoms with Crippen LogP contribution in [0.4, 0.5) is 0 Å². The smallest absolute Gasteiger partial charge is 0.306 e. The molecule has 0 amide bonds. The summed E-state index contributed by atoms with van der Waals surface area (Å²) in [5.74, 6) is 0.498. The Morgan fingerprint density at radius 1 is 0.329 bits per heavy atom. The first-order valence-corrected chi connectivity index (χ1v) is 31.0. The van der Waals surface area contributed by atoms with E-state index in [1.165, 1.54) is 0 Å². The first-order chi connectivity index (χ1) is 38.4. The second kappa shape index (κ2) is 27.4. The van der Waals surface area contributed by atoms with E-state index in [0.717, 1.165) is 66.8 Å². The van der Waals surface area contributed by atoms with Crippen LogP contribution in [0.5, 0.6) is 23.0 Å². The highest BCUT2D eigenvalue weighted by molar-refractivity contribution is 5.70. The molecule has 478 valence electrons. The summed E-state index contributed by atoms with van der Waals surface area (Å²) in [6, 6.07) is 15.8. The molecule has 0 radical (unpaired) electrons. The maximum Gasteiger partial charge on any atom is 0.306 e. The lowest BCUT2D eigenvalue weighted by Gasteiger charge is -2.35. The number of aliphatic hydroxyl groups is 3. The van der Waals surface area contributed by atoms with Gasteiger partial charge in [-0.25, -0.2) is 0 Å². The molecule has 0 spiro atoms. The van der Waals surface area contributed by atoms with Crippen molar-refractivity contribution in [3.05, 3.63) is 115 Å². The Balaban J connectivity index is 1.76. The zero-order valence-corrected chi connectivity index (χ0v) is 57.0. The standard InChI is InChI=1S/C73H114O12/c1-65(2,3)49-33-45(34-50(61(49)78)66(4,5)6)25-29-57(74)82-41-73(42-83-58(75)30-26-46-35-51(67(7,8)9)62(79)52(36-46)68(10,11)12,43-84-59(76)31-27-47-37-53(69(13,14)15)63(80)54(38-47)70(16,17)18)44-85-60(77)32-28-48-39-55(71(19,20)21)64(81)56(40-48)72(22,23)24/h33-40,57-59,74-76,78-81H,25-32,41-44H2,1-24H3. The van der Waals surface area contributed by atoms with Crippen LogP contribution < -0.4 is 0 Å². The maximum absolute atomic E-state index is 14.2. The molecule has 85 heavy (non-hydrogen) atoms. The van der Waals surface area contributed by atoms with E-state index >= 15 is 0 Å². The molecule has 4 rings (SSSR count). The Labute approximate surface area is 513 Å². The number of aryl methyl sites for hydroxylation is 4. The highest BCUT2D eigenvalue weighted by Gasteiger charge is 2.38. The minimum absolute atomic E-state index is 0.0102. The fourth-order valence-electron chi connectivity index (χ4n) is 10.7. The number of benzene rings is 4. The van der Waals surface area contributed by atoms with Crippen molar-refractivity contribution in [3.63, 3.8) is 0 Å². The zero-order chi connectivity index (χ0) is 65.0. The van der Waals surface area contributed by atoms with E-state index in [2.05, 4.69) is 125 Å². The molecule has 0 saturated carbocycles. The first-order valence-electron chi connectivity index (χ1n) is 31.0. The number of hydrogen-bond acceptors (Lipinski definition) is 12. The van der Waals surface area contributed by atoms with Gasteiger partial charge in [-0.15, -0.1) is 0 Å². The molecule has 0 aromatic heterocycles. The van der Waals surface area contributed by atoms with Crippen LogP contribution in [-0.4, -0.2) is 87.0 Å². The van der Waals surface area contributed by atoms with Gasteiger partial charge in [0.1, 0.15) is 29.6 Å². The molecule has 0 heterocycles. The summed E-state index contributed by atoms with van der Waals surface area (Å²) in [6.45, 7) is 48.1. The van der Waals surface area contributed by atoms with Crippen LogP contribution in [0.3, 0.4) is 0 Å². The summed E-state index contributed by atoms with van der Waals surface area (Å²) >= 11 is 0. The van der Waals surface area contributed by atoms with Crippen LogP contribution in [0, 0.1) is 5.41 Å². The predicted molar refractivity (Wildman–Crippen MR) is 345 cm³/mol. The topological polar surface area (TPSA) is 196 Å². The molecule has 0 aliphatic heterocycles. The van der Waals surface area contributed by atoms with Crippen LogP contribution >= 0.6 is 0 Å². The molecular formula is C73H114O12. The monoisotopic (exact) mass is 1180 g/mol. The van der Waals surface area contributed by atoms with Gasteiger partial charge in [-0.3, -0.25) is 4.79 Å². The first kappa shape index (κ1) is 72.8. The zero-order valence-electron chi connectivity index (χ0n) is 57.0. The Kier molecular flexibility index (Phi) is 23.4. The van der Waals surface area contributed by atoms with Gasteiger partial charge in [0.05, 0.1) is 25.2 Å². The Morgan fingerprint density at radius 2 is 0.518 bits per heavy atom. The molecule has 7 N–H and O–H groups in total. The van der Waals surface area contributed by atoms with Crippen LogP contribution in [0.1, 0.15) is 259 Å². The quantitative estimate of drug-likeness (QED) is 0.0275. The van der Waals surface area contributed by atoms with Gasteiger partial charge in [0.25, 0.3) is 0 Å². The van der Waals surface area contributed by atoms with E-state index in [-0.39, 0.29) is 118 Å². The minimum Gasteiger partial charge on any atom is -0.507 e. The number of carbonyl (C=O) groups is 1. The van der Waals surface area contributed by atoms with Gasteiger partial charge < -0.3 is 54.7 Å². The molecule has 0 fully saturated rings. The molecule has 0 saturated heterocycles. The van der Waals surface area contributed by atoms with Crippen LogP contribution in [-0.2, 0) is 92.7 Å². The number of esters is 1. The summed E-state index contributed by atoms with van der Waals surface area (Å²) in [5, 5.41) is 81.1. The second-order valence-electron chi connectivity index (χ2n) is 32.7. The number of rotatable bonds is 23. The van der Waals surface area contributed by atoms with Crippen molar-refractivity contribution in [2.24, 2.45) is 5.41 Å². The molecule has 12 nitrogen and oxygen atoms in total. The van der Waals surface area contributed by atoms with Crippen molar-refractivity contribution in [1.29, 1.82) is 0 Å². The highest BCUT2D eigenvalue weighted by Crippen LogP contribution is 2.44. The largest absolute Gasteiger partial charge is 0.507 e. The predicted octanol–water partition coefficient (Wildman–Crippen LogP) is 15.3. The van der Waals surface area contributed by atoms with Crippen molar-refractivity contribution < 1.29 is 59.5 Å². The second-order valence-corrected chi connectivity index (χ2v) is 32.7. The van der Waals surface area contributed by atoms with Gasteiger partial charge in [0, 0.05) is 25.7 Å². The lowest BCUT2D eigenvalue weighted by atomic mass is 9.78. The molecule has 3 atom stereocenters. The number of phenols is 4. The molecule has 0 bridgehead atoms. The molecule has 4 aromatic rings. The van der Waals surface area contributed by atoms with Gasteiger partial charge in [-0.1, -0.05) is 215 Å². The Morgan fingerprint density at radius 3 is 0.706 bits per heavy atom. The number of aliphatic hydroxyl groups excluding tert-OH is 3. The van der Waals surface area contributed by atoms with Gasteiger partial charge >= 0.3 is 5.97 Å². The van der Waals surface area contributed by atoms with Crippen molar-refractivity contribution in [2.45, 2.75) is 280 Å². The number of phenolic OH excluding ortho intramolecular Hbond substituents is 4. The molecule has 12 heteroatoms. The van der Waals surface area contributed by atoms with E-state index < -0.39 is 30.3 Å². The van der Waals surface area contributed by atoms with Gasteiger partial charge in [0.15, 0.2) is 18.9 Å². The average molecular weight is 1180 g/mol. The van der Waals surface area contributed by atoms with Crippen molar-refractivity contribution in [1.82, 2.24) is 0 Å². The number of carbonyl (C=O) groups excluding carboxylic acids is 1. The summed E-state index contributed by atoms with van der Waals surface area (Å²) in [5.41, 5.74) is 5.68. The van der Waals surface area contributed by atoms with Gasteiger partial charge in [-0.2, -0.15) is 0 Å². The number of ether oxygens (including phenoxy) is 4. The Bertz CT molecular complexity index is 2500. The van der Waals surface area contributed by atoms with Crippen molar-refractivity contribution >= 4 is 5.97 Å². The van der Waals surface area contributed by atoms with Crippen LogP contribution in [0.2, 0.25) is 0 Å². The number of hydrogen-bond donors (Lipinski definition) is 7. The van der Waals surface area contributed by atoms with E-state index in [9.17, 15) is 40.5 Å². The molecular weight excluding hydrogens is 1070 g/mol. The van der Waals surface area contributed by atoms with Crippen molar-refractivity contribution in [2.75, 3.05) is 26.4 Å². The fraction of sp³-hybridized carbons (Fsp3) is 0.658. The summed E-state index contributed by atoms with van der Waals surface area (Å²) in [7, 11) is 0. The normalized spacial score (nSPS) is 15.2.